The predicted molar refractivity (Wildman–Crippen MR) is 40.7 cm³/mol. The molecule has 1 atom stereocenters. The van der Waals surface area contributed by atoms with Gasteiger partial charge in [0.25, 0.3) is 12.3 Å². The number of aromatic amines is 1. The lowest BCUT2D eigenvalue weighted by molar-refractivity contribution is -0.00275. The normalized spacial score (nSPS) is 12.9. The van der Waals surface area contributed by atoms with Crippen molar-refractivity contribution in [3.8, 4) is 0 Å². The van der Waals surface area contributed by atoms with Gasteiger partial charge in [0.05, 0.1) is 0 Å². The topological polar surface area (TPSA) is 90.9 Å². The van der Waals surface area contributed by atoms with Gasteiger partial charge in [0, 0.05) is 6.54 Å². The first kappa shape index (κ1) is 10.5. The Balaban J connectivity index is 2.36. The molecular weight excluding hydrogens is 198 g/mol. The largest absolute Gasteiger partial charge is 0.385 e. The van der Waals surface area contributed by atoms with Crippen molar-refractivity contribution in [1.29, 1.82) is 0 Å². The number of H-pyrrole nitrogens is 1. The maximum absolute atomic E-state index is 11.8. The molecule has 0 saturated heterocycles. The number of aromatic nitrogens is 3. The zero-order chi connectivity index (χ0) is 10.6. The van der Waals surface area contributed by atoms with Crippen LogP contribution in [-0.2, 0) is 0 Å². The Morgan fingerprint density at radius 2 is 2.43 bits per heavy atom. The zero-order valence-electron chi connectivity index (χ0n) is 6.94. The van der Waals surface area contributed by atoms with Crippen molar-refractivity contribution >= 4 is 5.91 Å². The number of carbonyl (C=O) groups is 1. The van der Waals surface area contributed by atoms with Crippen molar-refractivity contribution in [2.24, 2.45) is 0 Å². The fourth-order valence-electron chi connectivity index (χ4n) is 0.685. The Morgan fingerprint density at radius 3 is 2.93 bits per heavy atom. The van der Waals surface area contributed by atoms with Crippen LogP contribution >= 0.6 is 0 Å². The Bertz CT molecular complexity index is 290. The van der Waals surface area contributed by atoms with E-state index in [-0.39, 0.29) is 5.82 Å². The van der Waals surface area contributed by atoms with Gasteiger partial charge in [-0.15, -0.1) is 0 Å². The Hall–Kier alpha value is -1.57. The molecule has 1 unspecified atom stereocenters. The fraction of sp³-hybridized carbons (Fsp3) is 0.500. The fourth-order valence-corrected chi connectivity index (χ4v) is 0.685. The summed E-state index contributed by atoms with van der Waals surface area (Å²) in [6.45, 7) is -0.531. The summed E-state index contributed by atoms with van der Waals surface area (Å²) in [5, 5.41) is 16.4. The third kappa shape index (κ3) is 2.73. The highest BCUT2D eigenvalue weighted by molar-refractivity contribution is 5.90. The van der Waals surface area contributed by atoms with Crippen molar-refractivity contribution < 1.29 is 18.7 Å². The molecule has 3 N–H and O–H groups in total. The molecule has 14 heavy (non-hydrogen) atoms. The highest BCUT2D eigenvalue weighted by atomic mass is 19.3. The van der Waals surface area contributed by atoms with Crippen LogP contribution in [0.15, 0.2) is 6.33 Å². The lowest BCUT2D eigenvalue weighted by atomic mass is 10.3. The van der Waals surface area contributed by atoms with Crippen molar-refractivity contribution in [2.75, 3.05) is 6.54 Å². The van der Waals surface area contributed by atoms with Gasteiger partial charge in [-0.05, 0) is 0 Å². The number of aliphatic hydroxyl groups excluding tert-OH is 1. The highest BCUT2D eigenvalue weighted by Crippen LogP contribution is 1.98. The van der Waals surface area contributed by atoms with Crippen LogP contribution in [0.4, 0.5) is 8.78 Å². The second-order valence-corrected chi connectivity index (χ2v) is 2.45. The predicted octanol–water partition coefficient (Wildman–Crippen LogP) is -0.840. The van der Waals surface area contributed by atoms with E-state index in [0.717, 1.165) is 6.33 Å². The van der Waals surface area contributed by atoms with Crippen molar-refractivity contribution in [3.05, 3.63) is 12.2 Å². The quantitative estimate of drug-likeness (QED) is 0.599. The number of halogens is 2. The minimum atomic E-state index is -2.88. The molecular formula is C6H8F2N4O2. The molecule has 0 saturated carbocycles. The Kier molecular flexibility index (Phi) is 3.46. The molecule has 0 radical (unpaired) electrons. The molecule has 0 aliphatic carbocycles. The van der Waals surface area contributed by atoms with Crippen LogP contribution in [-0.4, -0.2) is 45.3 Å². The van der Waals surface area contributed by atoms with Crippen LogP contribution in [0, 0.1) is 0 Å². The highest BCUT2D eigenvalue weighted by Gasteiger charge is 2.18. The van der Waals surface area contributed by atoms with Gasteiger partial charge in [-0.3, -0.25) is 9.89 Å². The standard InChI is InChI=1S/C6H8F2N4O2/c7-4(8)3(13)1-9-6(14)5-10-2-11-12-5/h2-4,13H,1H2,(H,9,14)(H,10,11,12). The number of rotatable bonds is 4. The van der Waals surface area contributed by atoms with E-state index in [1.807, 2.05) is 0 Å². The van der Waals surface area contributed by atoms with E-state index < -0.39 is 25.0 Å². The third-order valence-corrected chi connectivity index (χ3v) is 1.39. The summed E-state index contributed by atoms with van der Waals surface area (Å²) in [5.41, 5.74) is 0. The number of nitrogens with zero attached hydrogens (tertiary/aromatic N) is 2. The smallest absolute Gasteiger partial charge is 0.288 e. The molecule has 0 aliphatic rings. The Morgan fingerprint density at radius 1 is 1.71 bits per heavy atom. The molecule has 78 valence electrons. The van der Waals surface area contributed by atoms with Gasteiger partial charge in [0.15, 0.2) is 0 Å². The molecule has 1 aromatic rings. The summed E-state index contributed by atoms with van der Waals surface area (Å²) < 4.78 is 23.6. The first-order valence-corrected chi connectivity index (χ1v) is 3.71. The first-order valence-electron chi connectivity index (χ1n) is 3.71. The molecule has 8 heteroatoms. The maximum atomic E-state index is 11.8. The van der Waals surface area contributed by atoms with E-state index >= 15 is 0 Å². The second-order valence-electron chi connectivity index (χ2n) is 2.45. The lowest BCUT2D eigenvalue weighted by Gasteiger charge is -2.09. The molecule has 0 aromatic carbocycles. The number of nitrogens with one attached hydrogen (secondary N) is 2. The SMILES string of the molecule is O=C(NCC(O)C(F)F)c1ncn[nH]1. The summed E-state index contributed by atoms with van der Waals surface area (Å²) in [4.78, 5) is 14.5. The number of amides is 1. The molecule has 1 amide bonds. The monoisotopic (exact) mass is 206 g/mol. The van der Waals surface area contributed by atoms with E-state index in [2.05, 4.69) is 20.5 Å². The summed E-state index contributed by atoms with van der Waals surface area (Å²) in [6.07, 6.45) is -3.65. The lowest BCUT2D eigenvalue weighted by Crippen LogP contribution is -2.36. The van der Waals surface area contributed by atoms with E-state index in [4.69, 9.17) is 5.11 Å². The zero-order valence-corrected chi connectivity index (χ0v) is 6.94. The van der Waals surface area contributed by atoms with Crippen LogP contribution in [0.25, 0.3) is 0 Å². The summed E-state index contributed by atoms with van der Waals surface area (Å²) in [7, 11) is 0. The number of hydrogen-bond donors (Lipinski definition) is 3. The molecule has 1 aromatic heterocycles. The van der Waals surface area contributed by atoms with Gasteiger partial charge in [0.1, 0.15) is 12.4 Å². The van der Waals surface area contributed by atoms with E-state index in [1.54, 1.807) is 0 Å². The number of aliphatic hydroxyl groups is 1. The van der Waals surface area contributed by atoms with Gasteiger partial charge < -0.3 is 10.4 Å². The molecule has 6 nitrogen and oxygen atoms in total. The average Bonchev–Trinajstić information content (AvgIpc) is 2.66. The number of carbonyl (C=O) groups excluding carboxylic acids is 1. The van der Waals surface area contributed by atoms with Gasteiger partial charge in [-0.25, -0.2) is 13.8 Å². The van der Waals surface area contributed by atoms with Gasteiger partial charge in [0.2, 0.25) is 5.82 Å². The minimum Gasteiger partial charge on any atom is -0.385 e. The van der Waals surface area contributed by atoms with Crippen LogP contribution in [0.5, 0.6) is 0 Å². The van der Waals surface area contributed by atoms with Crippen LogP contribution in [0.3, 0.4) is 0 Å². The third-order valence-electron chi connectivity index (χ3n) is 1.39. The summed E-state index contributed by atoms with van der Waals surface area (Å²) in [5.74, 6) is -0.784. The number of hydrogen-bond acceptors (Lipinski definition) is 4. The molecule has 0 aliphatic heterocycles. The van der Waals surface area contributed by atoms with Gasteiger partial charge in [-0.2, -0.15) is 5.10 Å². The van der Waals surface area contributed by atoms with E-state index in [0.29, 0.717) is 0 Å². The Labute approximate surface area is 77.3 Å². The number of alkyl halides is 2. The molecule has 0 spiro atoms. The molecule has 1 rings (SSSR count). The van der Waals surface area contributed by atoms with E-state index in [9.17, 15) is 13.6 Å². The summed E-state index contributed by atoms with van der Waals surface area (Å²) >= 11 is 0. The van der Waals surface area contributed by atoms with E-state index in [1.165, 1.54) is 0 Å². The molecule has 0 fully saturated rings. The van der Waals surface area contributed by atoms with Crippen molar-refractivity contribution in [1.82, 2.24) is 20.5 Å². The van der Waals surface area contributed by atoms with Gasteiger partial charge >= 0.3 is 0 Å². The maximum Gasteiger partial charge on any atom is 0.288 e. The molecule has 1 heterocycles. The van der Waals surface area contributed by atoms with Crippen LogP contribution in [0.2, 0.25) is 0 Å². The van der Waals surface area contributed by atoms with Crippen molar-refractivity contribution in [3.63, 3.8) is 0 Å². The first-order chi connectivity index (χ1) is 6.61. The van der Waals surface area contributed by atoms with Crippen LogP contribution < -0.4 is 5.32 Å². The molecule has 0 bridgehead atoms. The van der Waals surface area contributed by atoms with Crippen molar-refractivity contribution in [2.45, 2.75) is 12.5 Å². The summed E-state index contributed by atoms with van der Waals surface area (Å²) in [6, 6.07) is 0. The van der Waals surface area contributed by atoms with Gasteiger partial charge in [-0.1, -0.05) is 0 Å². The average molecular weight is 206 g/mol. The second kappa shape index (κ2) is 4.61. The van der Waals surface area contributed by atoms with Crippen LogP contribution in [0.1, 0.15) is 10.6 Å². The minimum absolute atomic E-state index is 0.0912.